The van der Waals surface area contributed by atoms with E-state index >= 15 is 8.78 Å². The van der Waals surface area contributed by atoms with E-state index in [2.05, 4.69) is 21.8 Å². The summed E-state index contributed by atoms with van der Waals surface area (Å²) in [6, 6.07) is 7.98. The van der Waals surface area contributed by atoms with Crippen LogP contribution in [-0.4, -0.2) is 95.3 Å². The number of rotatable bonds is 8. The van der Waals surface area contributed by atoms with Crippen molar-refractivity contribution in [1.82, 2.24) is 24.5 Å². The number of aromatic nitrogens is 4. The summed E-state index contributed by atoms with van der Waals surface area (Å²) >= 11 is 0. The molecule has 2 aromatic carbocycles. The first-order valence-electron chi connectivity index (χ1n) is 17.8. The molecule has 6 heterocycles. The highest BCUT2D eigenvalue weighted by atomic mass is 19.1. The van der Waals surface area contributed by atoms with Crippen molar-refractivity contribution in [3.8, 4) is 23.0 Å². The highest BCUT2D eigenvalue weighted by Gasteiger charge is 2.50. The predicted molar refractivity (Wildman–Crippen MR) is 186 cm³/mol. The number of aryl methyl sites for hydroxylation is 1. The van der Waals surface area contributed by atoms with Crippen LogP contribution in [0.3, 0.4) is 0 Å². The SMILES string of the molecule is CCc1c(F)ccc2cc(O)cc(-c3c(F)c4nc(OCC5(CN6CCC7(COC7)C6)CC5)nc(N5CCOCC(C)C5)c4c4ccnn34)c12. The summed E-state index contributed by atoms with van der Waals surface area (Å²) in [6.45, 7) is 11.6. The molecular weight excluding hydrogens is 642 g/mol. The van der Waals surface area contributed by atoms with Crippen LogP contribution in [0.4, 0.5) is 14.6 Å². The number of anilines is 1. The minimum Gasteiger partial charge on any atom is -0.508 e. The first kappa shape index (κ1) is 31.8. The Hall–Kier alpha value is -4.13. The fourth-order valence-corrected chi connectivity index (χ4v) is 8.44. The zero-order valence-corrected chi connectivity index (χ0v) is 28.6. The lowest BCUT2D eigenvalue weighted by Crippen LogP contribution is -2.45. The summed E-state index contributed by atoms with van der Waals surface area (Å²) in [7, 11) is 0. The number of likely N-dealkylation sites (tertiary alicyclic amines) is 1. The van der Waals surface area contributed by atoms with Crippen LogP contribution in [0.15, 0.2) is 36.5 Å². The van der Waals surface area contributed by atoms with E-state index in [1.165, 1.54) is 23.1 Å². The number of benzene rings is 2. The highest BCUT2D eigenvalue weighted by molar-refractivity contribution is 6.07. The van der Waals surface area contributed by atoms with Gasteiger partial charge in [-0.25, -0.2) is 13.3 Å². The van der Waals surface area contributed by atoms with Gasteiger partial charge in [0.1, 0.15) is 28.6 Å². The topological polar surface area (TPSA) is 97.5 Å². The van der Waals surface area contributed by atoms with Gasteiger partial charge in [0.05, 0.1) is 50.1 Å². The van der Waals surface area contributed by atoms with Gasteiger partial charge in [-0.15, -0.1) is 0 Å². The molecule has 0 radical (unpaired) electrons. The van der Waals surface area contributed by atoms with Gasteiger partial charge in [-0.05, 0) is 78.7 Å². The molecule has 3 aromatic heterocycles. The maximum atomic E-state index is 17.5. The second-order valence-electron chi connectivity index (χ2n) is 15.2. The Morgan fingerprint density at radius 1 is 1.04 bits per heavy atom. The third-order valence-corrected chi connectivity index (χ3v) is 11.3. The lowest BCUT2D eigenvalue weighted by molar-refractivity contribution is -0.105. The van der Waals surface area contributed by atoms with Gasteiger partial charge in [0.25, 0.3) is 0 Å². The highest BCUT2D eigenvalue weighted by Crippen LogP contribution is 2.49. The first-order valence-corrected chi connectivity index (χ1v) is 17.8. The number of phenols is 1. The van der Waals surface area contributed by atoms with Crippen LogP contribution < -0.4 is 9.64 Å². The summed E-state index contributed by atoms with van der Waals surface area (Å²) in [6.07, 6.45) is 5.28. The van der Waals surface area contributed by atoms with Crippen molar-refractivity contribution < 1.29 is 28.1 Å². The minimum absolute atomic E-state index is 0.0137. The van der Waals surface area contributed by atoms with Gasteiger partial charge in [0.15, 0.2) is 5.82 Å². The zero-order chi connectivity index (χ0) is 34.2. The third-order valence-electron chi connectivity index (χ3n) is 11.3. The quantitative estimate of drug-likeness (QED) is 0.211. The molecule has 262 valence electrons. The lowest BCUT2D eigenvalue weighted by Gasteiger charge is -2.38. The molecule has 0 bridgehead atoms. The van der Waals surface area contributed by atoms with Crippen LogP contribution >= 0.6 is 0 Å². The van der Waals surface area contributed by atoms with Crippen LogP contribution in [-0.2, 0) is 15.9 Å². The van der Waals surface area contributed by atoms with Gasteiger partial charge < -0.3 is 29.1 Å². The number of nitrogens with zero attached hydrogens (tertiary/aromatic N) is 6. The van der Waals surface area contributed by atoms with Crippen LogP contribution in [0.2, 0.25) is 0 Å². The van der Waals surface area contributed by atoms with Gasteiger partial charge in [-0.2, -0.15) is 15.1 Å². The molecule has 1 aliphatic carbocycles. The fourth-order valence-electron chi connectivity index (χ4n) is 8.44. The molecule has 1 N–H and O–H groups in total. The standard InChI is InChI=1S/C38H42F2N6O4/c1-3-26-28(39)5-4-24-14-25(47)15-27(30(24)26)34-32(40)33-31(29-6-10-41-46(29)34)35(45-12-13-48-17-23(2)16-45)43-36(42-33)50-22-37(7-8-37)18-44-11-9-38(19-44)20-49-21-38/h4-6,10,14-15,23,47H,3,7-9,11-13,16-22H2,1-2H3. The van der Waals surface area contributed by atoms with Gasteiger partial charge in [-0.3, -0.25) is 0 Å². The van der Waals surface area contributed by atoms with Crippen molar-refractivity contribution in [3.63, 3.8) is 0 Å². The maximum Gasteiger partial charge on any atom is 0.319 e. The summed E-state index contributed by atoms with van der Waals surface area (Å²) < 4.78 is 52.1. The smallest absolute Gasteiger partial charge is 0.319 e. The molecule has 12 heteroatoms. The molecule has 1 spiro atoms. The Labute approximate surface area is 288 Å². The first-order chi connectivity index (χ1) is 24.3. The largest absolute Gasteiger partial charge is 0.508 e. The molecule has 10 nitrogen and oxygen atoms in total. The van der Waals surface area contributed by atoms with E-state index in [9.17, 15) is 5.11 Å². The van der Waals surface area contributed by atoms with Crippen molar-refractivity contribution in [2.45, 2.75) is 39.5 Å². The van der Waals surface area contributed by atoms with Gasteiger partial charge in [0.2, 0.25) is 0 Å². The summed E-state index contributed by atoms with van der Waals surface area (Å²) in [5, 5.41) is 17.0. The molecule has 3 saturated heterocycles. The third kappa shape index (κ3) is 5.34. The number of halogens is 2. The van der Waals surface area contributed by atoms with Crippen LogP contribution in [0.1, 0.15) is 38.7 Å². The zero-order valence-electron chi connectivity index (χ0n) is 28.6. The summed E-state index contributed by atoms with van der Waals surface area (Å²) in [4.78, 5) is 14.5. The molecule has 50 heavy (non-hydrogen) atoms. The summed E-state index contributed by atoms with van der Waals surface area (Å²) in [5.41, 5.74) is 1.88. The normalized spacial score (nSPS) is 21.7. The average molecular weight is 685 g/mol. The lowest BCUT2D eigenvalue weighted by atomic mass is 9.85. The molecule has 1 unspecified atom stereocenters. The molecule has 4 aliphatic rings. The van der Waals surface area contributed by atoms with Crippen molar-refractivity contribution in [3.05, 3.63) is 53.7 Å². The minimum atomic E-state index is -0.645. The van der Waals surface area contributed by atoms with Crippen molar-refractivity contribution in [2.24, 2.45) is 16.7 Å². The number of ether oxygens (including phenoxy) is 3. The number of hydrogen-bond acceptors (Lipinski definition) is 9. The van der Waals surface area contributed by atoms with Crippen LogP contribution in [0, 0.1) is 28.4 Å². The van der Waals surface area contributed by atoms with E-state index in [4.69, 9.17) is 24.2 Å². The Balaban J connectivity index is 1.18. The van der Waals surface area contributed by atoms with E-state index < -0.39 is 5.82 Å². The number of hydrogen-bond donors (Lipinski definition) is 1. The van der Waals surface area contributed by atoms with E-state index in [1.807, 2.05) is 13.0 Å². The number of pyridine rings is 1. The fraction of sp³-hybridized carbons (Fsp3) is 0.500. The predicted octanol–water partition coefficient (Wildman–Crippen LogP) is 6.00. The van der Waals surface area contributed by atoms with E-state index in [-0.39, 0.29) is 40.1 Å². The van der Waals surface area contributed by atoms with Gasteiger partial charge in [0, 0.05) is 42.6 Å². The Morgan fingerprint density at radius 3 is 2.66 bits per heavy atom. The van der Waals surface area contributed by atoms with E-state index in [0.717, 1.165) is 45.7 Å². The van der Waals surface area contributed by atoms with Gasteiger partial charge >= 0.3 is 6.01 Å². The molecule has 5 aromatic rings. The van der Waals surface area contributed by atoms with Crippen molar-refractivity contribution in [1.29, 1.82) is 0 Å². The molecule has 1 saturated carbocycles. The molecule has 1 atom stereocenters. The van der Waals surface area contributed by atoms with E-state index in [1.54, 1.807) is 18.3 Å². The molecule has 4 fully saturated rings. The molecular formula is C38H42F2N6O4. The summed E-state index contributed by atoms with van der Waals surface area (Å²) in [5.74, 6) is -0.307. The maximum absolute atomic E-state index is 17.5. The average Bonchev–Trinajstić information content (AvgIpc) is 3.53. The Morgan fingerprint density at radius 2 is 1.90 bits per heavy atom. The van der Waals surface area contributed by atoms with Crippen LogP contribution in [0.25, 0.3) is 38.4 Å². The van der Waals surface area contributed by atoms with Gasteiger partial charge in [-0.1, -0.05) is 19.9 Å². The second kappa shape index (κ2) is 12.0. The molecule has 3 aliphatic heterocycles. The Bertz CT molecular complexity index is 2130. The number of fused-ring (bicyclic) bond motifs is 4. The number of aromatic hydroxyl groups is 1. The van der Waals surface area contributed by atoms with Crippen LogP contribution in [0.5, 0.6) is 11.8 Å². The monoisotopic (exact) mass is 684 g/mol. The Kier molecular flexibility index (Phi) is 7.63. The van der Waals surface area contributed by atoms with Crippen molar-refractivity contribution >= 4 is 33.0 Å². The molecule has 0 amide bonds. The second-order valence-corrected chi connectivity index (χ2v) is 15.2. The molecule has 9 rings (SSSR count). The van der Waals surface area contributed by atoms with Crippen molar-refractivity contribution in [2.75, 3.05) is 70.7 Å². The van der Waals surface area contributed by atoms with E-state index in [0.29, 0.717) is 83.4 Å². The number of phenolic OH excluding ortho intramolecular Hbond substituents is 1.